The highest BCUT2D eigenvalue weighted by Crippen LogP contribution is 2.22. The lowest BCUT2D eigenvalue weighted by Gasteiger charge is -2.10. The summed E-state index contributed by atoms with van der Waals surface area (Å²) in [6.07, 6.45) is 0. The molecular formula is C15H14F3NO2. The van der Waals surface area contributed by atoms with Crippen molar-refractivity contribution < 1.29 is 22.6 Å². The minimum absolute atomic E-state index is 0.0723. The second-order valence-electron chi connectivity index (χ2n) is 4.19. The van der Waals surface area contributed by atoms with Gasteiger partial charge in [-0.15, -0.1) is 0 Å². The number of hydrogen-bond acceptors (Lipinski definition) is 3. The highest BCUT2D eigenvalue weighted by atomic mass is 19.3. The van der Waals surface area contributed by atoms with E-state index in [-0.39, 0.29) is 18.0 Å². The molecule has 0 saturated heterocycles. The normalized spacial score (nSPS) is 10.5. The minimum Gasteiger partial charge on any atom is -0.494 e. The third-order valence-corrected chi connectivity index (χ3v) is 2.83. The number of methoxy groups -OCH3 is 1. The summed E-state index contributed by atoms with van der Waals surface area (Å²) >= 11 is 0. The fraction of sp³-hybridized carbons (Fsp3) is 0.200. The minimum atomic E-state index is -2.85. The summed E-state index contributed by atoms with van der Waals surface area (Å²) < 4.78 is 47.1. The zero-order valence-corrected chi connectivity index (χ0v) is 11.3. The van der Waals surface area contributed by atoms with Gasteiger partial charge >= 0.3 is 6.61 Å². The molecule has 0 heterocycles. The molecule has 0 saturated carbocycles. The van der Waals surface area contributed by atoms with Crippen LogP contribution in [0.5, 0.6) is 11.5 Å². The summed E-state index contributed by atoms with van der Waals surface area (Å²) in [4.78, 5) is 0. The van der Waals surface area contributed by atoms with Gasteiger partial charge in [0.15, 0.2) is 11.6 Å². The summed E-state index contributed by atoms with van der Waals surface area (Å²) in [5.74, 6) is -0.178. The van der Waals surface area contributed by atoms with Gasteiger partial charge in [-0.2, -0.15) is 8.78 Å². The number of halogens is 3. The molecule has 2 aromatic rings. The molecule has 6 heteroatoms. The number of benzene rings is 2. The van der Waals surface area contributed by atoms with Crippen molar-refractivity contribution in [1.82, 2.24) is 0 Å². The zero-order chi connectivity index (χ0) is 15.2. The van der Waals surface area contributed by atoms with Gasteiger partial charge in [0.05, 0.1) is 7.11 Å². The fourth-order valence-corrected chi connectivity index (χ4v) is 1.80. The van der Waals surface area contributed by atoms with Crippen LogP contribution in [0.15, 0.2) is 42.5 Å². The van der Waals surface area contributed by atoms with Crippen molar-refractivity contribution in [3.8, 4) is 11.5 Å². The van der Waals surface area contributed by atoms with Crippen molar-refractivity contribution in [3.63, 3.8) is 0 Å². The topological polar surface area (TPSA) is 30.5 Å². The summed E-state index contributed by atoms with van der Waals surface area (Å²) in [5.41, 5.74) is 1.11. The predicted molar refractivity (Wildman–Crippen MR) is 73.4 cm³/mol. The first kappa shape index (κ1) is 15.0. The van der Waals surface area contributed by atoms with Gasteiger partial charge in [-0.25, -0.2) is 4.39 Å². The Hall–Kier alpha value is -2.37. The van der Waals surface area contributed by atoms with Crippen LogP contribution in [-0.4, -0.2) is 13.7 Å². The third-order valence-electron chi connectivity index (χ3n) is 2.83. The van der Waals surface area contributed by atoms with Gasteiger partial charge in [-0.1, -0.05) is 12.1 Å². The van der Waals surface area contributed by atoms with Crippen molar-refractivity contribution in [2.75, 3.05) is 12.4 Å². The highest BCUT2D eigenvalue weighted by Gasteiger charge is 2.08. The Kier molecular flexibility index (Phi) is 4.92. The maximum atomic E-state index is 13.9. The van der Waals surface area contributed by atoms with Crippen LogP contribution < -0.4 is 14.8 Å². The highest BCUT2D eigenvalue weighted by molar-refractivity contribution is 5.47. The Morgan fingerprint density at radius 3 is 2.43 bits per heavy atom. The lowest BCUT2D eigenvalue weighted by Crippen LogP contribution is -2.04. The first-order valence-electron chi connectivity index (χ1n) is 6.20. The molecule has 0 unspecified atom stereocenters. The molecule has 2 aromatic carbocycles. The van der Waals surface area contributed by atoms with E-state index in [2.05, 4.69) is 10.1 Å². The lowest BCUT2D eigenvalue weighted by molar-refractivity contribution is -0.0498. The Morgan fingerprint density at radius 2 is 1.81 bits per heavy atom. The largest absolute Gasteiger partial charge is 0.494 e. The molecule has 2 rings (SSSR count). The van der Waals surface area contributed by atoms with Gasteiger partial charge in [0, 0.05) is 17.8 Å². The molecular weight excluding hydrogens is 283 g/mol. The molecule has 0 radical (unpaired) electrons. The van der Waals surface area contributed by atoms with Crippen LogP contribution in [0.1, 0.15) is 5.56 Å². The van der Waals surface area contributed by atoms with Crippen LogP contribution in [-0.2, 0) is 6.54 Å². The van der Waals surface area contributed by atoms with E-state index in [1.807, 2.05) is 0 Å². The van der Waals surface area contributed by atoms with E-state index in [4.69, 9.17) is 4.74 Å². The quantitative estimate of drug-likeness (QED) is 0.872. The molecule has 0 bridgehead atoms. The number of hydrogen-bond donors (Lipinski definition) is 1. The van der Waals surface area contributed by atoms with Crippen molar-refractivity contribution >= 4 is 5.69 Å². The summed E-state index contributed by atoms with van der Waals surface area (Å²) in [6.45, 7) is -2.60. The molecule has 21 heavy (non-hydrogen) atoms. The number of rotatable bonds is 6. The molecule has 0 fully saturated rings. The van der Waals surface area contributed by atoms with E-state index >= 15 is 0 Å². The molecule has 0 atom stereocenters. The molecule has 3 nitrogen and oxygen atoms in total. The number of nitrogens with one attached hydrogen (secondary N) is 1. The first-order valence-corrected chi connectivity index (χ1v) is 6.20. The van der Waals surface area contributed by atoms with E-state index < -0.39 is 12.4 Å². The summed E-state index contributed by atoms with van der Waals surface area (Å²) in [6, 6.07) is 10.9. The Labute approximate surface area is 120 Å². The van der Waals surface area contributed by atoms with Gasteiger partial charge in [0.2, 0.25) is 0 Å². The average molecular weight is 297 g/mol. The van der Waals surface area contributed by atoms with Crippen LogP contribution in [0.3, 0.4) is 0 Å². The third kappa shape index (κ3) is 4.05. The van der Waals surface area contributed by atoms with Crippen molar-refractivity contribution in [1.29, 1.82) is 0 Å². The van der Waals surface area contributed by atoms with E-state index in [1.54, 1.807) is 24.3 Å². The first-order chi connectivity index (χ1) is 10.1. The Morgan fingerprint density at radius 1 is 1.10 bits per heavy atom. The monoisotopic (exact) mass is 297 g/mol. The molecule has 0 amide bonds. The van der Waals surface area contributed by atoms with Crippen LogP contribution in [0.25, 0.3) is 0 Å². The Balaban J connectivity index is 2.00. The summed E-state index contributed by atoms with van der Waals surface area (Å²) in [7, 11) is 1.40. The zero-order valence-electron chi connectivity index (χ0n) is 11.3. The van der Waals surface area contributed by atoms with Gasteiger partial charge < -0.3 is 14.8 Å². The van der Waals surface area contributed by atoms with Gasteiger partial charge in [0.25, 0.3) is 0 Å². The molecule has 1 N–H and O–H groups in total. The maximum Gasteiger partial charge on any atom is 0.387 e. The molecule has 0 aliphatic carbocycles. The molecule has 112 valence electrons. The predicted octanol–water partition coefficient (Wildman–Crippen LogP) is 4.05. The van der Waals surface area contributed by atoms with Gasteiger partial charge in [-0.3, -0.25) is 0 Å². The van der Waals surface area contributed by atoms with Crippen molar-refractivity contribution in [3.05, 3.63) is 53.8 Å². The van der Waals surface area contributed by atoms with E-state index in [1.165, 1.54) is 25.3 Å². The van der Waals surface area contributed by atoms with Crippen LogP contribution in [0.2, 0.25) is 0 Å². The van der Waals surface area contributed by atoms with E-state index in [0.29, 0.717) is 11.3 Å². The Bertz CT molecular complexity index is 588. The second-order valence-corrected chi connectivity index (χ2v) is 4.19. The molecule has 0 aromatic heterocycles. The fourth-order valence-electron chi connectivity index (χ4n) is 1.80. The second kappa shape index (κ2) is 6.88. The maximum absolute atomic E-state index is 13.9. The smallest absolute Gasteiger partial charge is 0.387 e. The molecule has 0 aliphatic heterocycles. The van der Waals surface area contributed by atoms with Crippen LogP contribution in [0, 0.1) is 5.82 Å². The van der Waals surface area contributed by atoms with E-state index in [9.17, 15) is 13.2 Å². The SMILES string of the molecule is COc1cccc(CNc2ccc(OC(F)F)cc2)c1F. The number of ether oxygens (including phenoxy) is 2. The molecule has 0 aliphatic rings. The molecule has 0 spiro atoms. The lowest BCUT2D eigenvalue weighted by atomic mass is 10.2. The van der Waals surface area contributed by atoms with Crippen LogP contribution >= 0.6 is 0 Å². The standard InChI is InChI=1S/C15H14F3NO2/c1-20-13-4-2-3-10(14(13)16)9-19-11-5-7-12(8-6-11)21-15(17)18/h2-8,15,19H,9H2,1H3. The summed E-state index contributed by atoms with van der Waals surface area (Å²) in [5, 5.41) is 3.00. The van der Waals surface area contributed by atoms with Crippen molar-refractivity contribution in [2.45, 2.75) is 13.2 Å². The number of alkyl halides is 2. The van der Waals surface area contributed by atoms with E-state index in [0.717, 1.165) is 0 Å². The average Bonchev–Trinajstić information content (AvgIpc) is 2.47. The number of anilines is 1. The van der Waals surface area contributed by atoms with Crippen LogP contribution in [0.4, 0.5) is 18.9 Å². The van der Waals surface area contributed by atoms with Crippen molar-refractivity contribution in [2.24, 2.45) is 0 Å². The van der Waals surface area contributed by atoms with Gasteiger partial charge in [-0.05, 0) is 30.3 Å². The van der Waals surface area contributed by atoms with Gasteiger partial charge in [0.1, 0.15) is 5.75 Å².